The summed E-state index contributed by atoms with van der Waals surface area (Å²) in [5.41, 5.74) is 3.26. The Balaban J connectivity index is 1.88. The zero-order valence-electron chi connectivity index (χ0n) is 14.4. The molecule has 128 valence electrons. The quantitative estimate of drug-likeness (QED) is 0.771. The van der Waals surface area contributed by atoms with E-state index in [4.69, 9.17) is 0 Å². The molecule has 1 aromatic heterocycles. The van der Waals surface area contributed by atoms with E-state index in [1.807, 2.05) is 32.5 Å². The number of urea groups is 1. The second-order valence-corrected chi connectivity index (χ2v) is 6.34. The van der Waals surface area contributed by atoms with Gasteiger partial charge >= 0.3 is 6.03 Å². The molecular formula is C16H27N5O2. The van der Waals surface area contributed by atoms with Crippen LogP contribution >= 0.6 is 0 Å². The van der Waals surface area contributed by atoms with Crippen LogP contribution in [0.5, 0.6) is 0 Å². The Hall–Kier alpha value is -2.05. The van der Waals surface area contributed by atoms with Crippen LogP contribution in [0.25, 0.3) is 0 Å². The molecule has 1 fully saturated rings. The van der Waals surface area contributed by atoms with Crippen molar-refractivity contribution >= 4 is 11.9 Å². The van der Waals surface area contributed by atoms with E-state index in [1.54, 1.807) is 0 Å². The lowest BCUT2D eigenvalue weighted by atomic mass is 10.1. The van der Waals surface area contributed by atoms with Gasteiger partial charge in [-0.05, 0) is 52.0 Å². The average molecular weight is 321 g/mol. The number of aromatic nitrogens is 2. The fourth-order valence-corrected chi connectivity index (χ4v) is 2.97. The molecule has 0 spiro atoms. The topological polar surface area (TPSA) is 88.1 Å². The minimum atomic E-state index is -0.438. The Morgan fingerprint density at radius 1 is 1.43 bits per heavy atom. The molecule has 1 aliphatic heterocycles. The summed E-state index contributed by atoms with van der Waals surface area (Å²) < 4.78 is 1.85. The molecule has 3 amide bonds. The third kappa shape index (κ3) is 4.46. The third-order valence-corrected chi connectivity index (χ3v) is 4.39. The van der Waals surface area contributed by atoms with Gasteiger partial charge in [0.1, 0.15) is 6.04 Å². The molecule has 7 heteroatoms. The Morgan fingerprint density at radius 2 is 2.17 bits per heavy atom. The first-order valence-corrected chi connectivity index (χ1v) is 8.22. The molecule has 1 aliphatic rings. The Morgan fingerprint density at radius 3 is 2.83 bits per heavy atom. The van der Waals surface area contributed by atoms with Crippen LogP contribution in [0.3, 0.4) is 0 Å². The van der Waals surface area contributed by atoms with Crippen LogP contribution in [0.1, 0.15) is 43.1 Å². The summed E-state index contributed by atoms with van der Waals surface area (Å²) >= 11 is 0. The van der Waals surface area contributed by atoms with Gasteiger partial charge in [-0.15, -0.1) is 0 Å². The lowest BCUT2D eigenvalue weighted by molar-refractivity contribution is -0.122. The monoisotopic (exact) mass is 321 g/mol. The maximum Gasteiger partial charge on any atom is 0.315 e. The number of hydrogen-bond donors (Lipinski definition) is 3. The minimum Gasteiger partial charge on any atom is -0.354 e. The normalized spacial score (nSPS) is 19.7. The molecule has 2 rings (SSSR count). The van der Waals surface area contributed by atoms with Crippen molar-refractivity contribution in [2.45, 2.75) is 58.5 Å². The van der Waals surface area contributed by atoms with E-state index in [0.29, 0.717) is 13.0 Å². The van der Waals surface area contributed by atoms with Crippen LogP contribution in [0, 0.1) is 13.8 Å². The van der Waals surface area contributed by atoms with E-state index in [2.05, 4.69) is 21.0 Å². The maximum absolute atomic E-state index is 12.1. The number of aryl methyl sites for hydroxylation is 2. The van der Waals surface area contributed by atoms with Gasteiger partial charge in [0.2, 0.25) is 5.91 Å². The molecule has 23 heavy (non-hydrogen) atoms. The van der Waals surface area contributed by atoms with Crippen LogP contribution in [-0.4, -0.2) is 40.3 Å². The number of nitrogens with one attached hydrogen (secondary N) is 3. The minimum absolute atomic E-state index is 0.0366. The first-order chi connectivity index (χ1) is 10.9. The van der Waals surface area contributed by atoms with Crippen LogP contribution in [0.2, 0.25) is 0 Å². The van der Waals surface area contributed by atoms with E-state index in [1.165, 1.54) is 0 Å². The van der Waals surface area contributed by atoms with Crippen LogP contribution < -0.4 is 16.0 Å². The third-order valence-electron chi connectivity index (χ3n) is 4.39. The van der Waals surface area contributed by atoms with E-state index in [9.17, 15) is 9.59 Å². The molecule has 7 nitrogen and oxygen atoms in total. The van der Waals surface area contributed by atoms with Crippen molar-refractivity contribution in [1.82, 2.24) is 25.7 Å². The summed E-state index contributed by atoms with van der Waals surface area (Å²) in [6, 6.07) is -0.768. The Labute approximate surface area is 137 Å². The van der Waals surface area contributed by atoms with Crippen LogP contribution in [0.15, 0.2) is 0 Å². The van der Waals surface area contributed by atoms with E-state index in [0.717, 1.165) is 36.2 Å². The van der Waals surface area contributed by atoms with Gasteiger partial charge in [-0.25, -0.2) is 4.79 Å². The zero-order chi connectivity index (χ0) is 17.0. The highest BCUT2D eigenvalue weighted by molar-refractivity contribution is 5.87. The predicted molar refractivity (Wildman–Crippen MR) is 88.2 cm³/mol. The van der Waals surface area contributed by atoms with Crippen molar-refractivity contribution in [3.05, 3.63) is 17.0 Å². The van der Waals surface area contributed by atoms with E-state index < -0.39 is 6.04 Å². The van der Waals surface area contributed by atoms with Crippen molar-refractivity contribution in [3.8, 4) is 0 Å². The predicted octanol–water partition coefficient (Wildman–Crippen LogP) is 0.936. The van der Waals surface area contributed by atoms with Gasteiger partial charge in [0.25, 0.3) is 0 Å². The van der Waals surface area contributed by atoms with Crippen molar-refractivity contribution in [2.24, 2.45) is 7.05 Å². The molecule has 0 unspecified atom stereocenters. The van der Waals surface area contributed by atoms with Crippen LogP contribution in [0.4, 0.5) is 4.79 Å². The van der Waals surface area contributed by atoms with E-state index >= 15 is 0 Å². The first kappa shape index (κ1) is 17.3. The van der Waals surface area contributed by atoms with Gasteiger partial charge < -0.3 is 16.0 Å². The summed E-state index contributed by atoms with van der Waals surface area (Å²) in [5, 5.41) is 12.9. The summed E-state index contributed by atoms with van der Waals surface area (Å²) in [4.78, 5) is 24.0. The molecule has 0 aromatic carbocycles. The molecule has 0 radical (unpaired) electrons. The molecule has 1 saturated heterocycles. The number of carbonyl (C=O) groups excluding carboxylic acids is 2. The van der Waals surface area contributed by atoms with Crippen molar-refractivity contribution in [2.75, 3.05) is 6.54 Å². The molecule has 0 saturated carbocycles. The summed E-state index contributed by atoms with van der Waals surface area (Å²) in [6.07, 6.45) is 3.30. The number of hydrogen-bond acceptors (Lipinski definition) is 3. The first-order valence-electron chi connectivity index (χ1n) is 8.22. The molecule has 0 bridgehead atoms. The average Bonchev–Trinajstić information content (AvgIpc) is 2.65. The lowest BCUT2D eigenvalue weighted by Crippen LogP contribution is -2.51. The fourth-order valence-electron chi connectivity index (χ4n) is 2.97. The van der Waals surface area contributed by atoms with Gasteiger partial charge in [-0.3, -0.25) is 9.48 Å². The van der Waals surface area contributed by atoms with Gasteiger partial charge in [-0.1, -0.05) is 0 Å². The highest BCUT2D eigenvalue weighted by atomic mass is 16.2. The van der Waals surface area contributed by atoms with Gasteiger partial charge in [0.15, 0.2) is 0 Å². The SMILES string of the molecule is Cc1nn(C)c(C)c1C[C@@H](C)NC(=O)N[C@@H]1CCCCNC1=O. The van der Waals surface area contributed by atoms with Gasteiger partial charge in [0, 0.05) is 25.3 Å². The van der Waals surface area contributed by atoms with Crippen molar-refractivity contribution < 1.29 is 9.59 Å². The maximum atomic E-state index is 12.1. The largest absolute Gasteiger partial charge is 0.354 e. The zero-order valence-corrected chi connectivity index (χ0v) is 14.4. The highest BCUT2D eigenvalue weighted by Gasteiger charge is 2.23. The summed E-state index contributed by atoms with van der Waals surface area (Å²) in [6.45, 7) is 6.65. The molecular weight excluding hydrogens is 294 g/mol. The van der Waals surface area contributed by atoms with Gasteiger partial charge in [0.05, 0.1) is 5.69 Å². The Bertz CT molecular complexity index is 581. The fraction of sp³-hybridized carbons (Fsp3) is 0.688. The Kier molecular flexibility index (Phi) is 5.63. The second kappa shape index (κ2) is 7.48. The summed E-state index contributed by atoms with van der Waals surface area (Å²) in [5.74, 6) is -0.0933. The molecule has 0 aliphatic carbocycles. The highest BCUT2D eigenvalue weighted by Crippen LogP contribution is 2.14. The standard InChI is InChI=1S/C16H27N5O2/c1-10(9-13-11(2)20-21(4)12(13)3)18-16(23)19-14-7-5-6-8-17-15(14)22/h10,14H,5-9H2,1-4H3,(H,17,22)(H2,18,19,23)/t10-,14-/m1/s1. The second-order valence-electron chi connectivity index (χ2n) is 6.34. The molecule has 3 N–H and O–H groups in total. The number of carbonyl (C=O) groups is 2. The number of nitrogens with zero attached hydrogens (tertiary/aromatic N) is 2. The molecule has 2 heterocycles. The van der Waals surface area contributed by atoms with Crippen molar-refractivity contribution in [3.63, 3.8) is 0 Å². The van der Waals surface area contributed by atoms with E-state index in [-0.39, 0.29) is 18.0 Å². The molecule has 1 aromatic rings. The number of amides is 3. The smallest absolute Gasteiger partial charge is 0.315 e. The molecule has 2 atom stereocenters. The van der Waals surface area contributed by atoms with Crippen LogP contribution in [-0.2, 0) is 18.3 Å². The summed E-state index contributed by atoms with van der Waals surface area (Å²) in [7, 11) is 1.92. The van der Waals surface area contributed by atoms with Gasteiger partial charge in [-0.2, -0.15) is 5.10 Å². The lowest BCUT2D eigenvalue weighted by Gasteiger charge is -2.19. The van der Waals surface area contributed by atoms with Crippen molar-refractivity contribution in [1.29, 1.82) is 0 Å². The number of rotatable bonds is 4.